The van der Waals surface area contributed by atoms with Gasteiger partial charge in [0.2, 0.25) is 0 Å². The summed E-state index contributed by atoms with van der Waals surface area (Å²) in [6, 6.07) is 7.62. The number of urea groups is 1. The van der Waals surface area contributed by atoms with E-state index in [9.17, 15) is 27.2 Å². The molecule has 0 bridgehead atoms. The highest BCUT2D eigenvalue weighted by Crippen LogP contribution is 2.38. The second-order valence-electron chi connectivity index (χ2n) is 7.53. The second-order valence-corrected chi connectivity index (χ2v) is 7.53. The van der Waals surface area contributed by atoms with Crippen LogP contribution in [-0.4, -0.2) is 25.7 Å². The molecule has 2 aromatic rings. The van der Waals surface area contributed by atoms with Crippen LogP contribution in [0, 0.1) is 5.82 Å². The first-order valence-electron chi connectivity index (χ1n) is 9.71. The van der Waals surface area contributed by atoms with Gasteiger partial charge in [-0.25, -0.2) is 14.0 Å². The third kappa shape index (κ3) is 4.05. The van der Waals surface area contributed by atoms with Gasteiger partial charge < -0.3 is 15.4 Å². The number of allylic oxidation sites excluding steroid dienone is 1. The Kier molecular flexibility index (Phi) is 5.41. The highest BCUT2D eigenvalue weighted by molar-refractivity contribution is 6.03. The molecule has 0 aliphatic carbocycles. The number of alkyl halides is 3. The van der Waals surface area contributed by atoms with Gasteiger partial charge in [-0.1, -0.05) is 24.3 Å². The summed E-state index contributed by atoms with van der Waals surface area (Å²) in [6.07, 6.45) is -4.81. The molecule has 2 unspecified atom stereocenters. The molecular formula is C22H19F4N3O3. The van der Waals surface area contributed by atoms with Crippen LogP contribution in [0.4, 0.5) is 28.0 Å². The smallest absolute Gasteiger partial charge is 0.416 e. The summed E-state index contributed by atoms with van der Waals surface area (Å²) in [5, 5.41) is 5.80. The van der Waals surface area contributed by atoms with Gasteiger partial charge in [-0.15, -0.1) is 0 Å². The fourth-order valence-electron chi connectivity index (χ4n) is 3.76. The molecule has 168 valence electrons. The predicted octanol–water partition coefficient (Wildman–Crippen LogP) is 4.21. The average molecular weight is 449 g/mol. The Bertz CT molecular complexity index is 1110. The van der Waals surface area contributed by atoms with Crippen molar-refractivity contribution in [1.29, 1.82) is 0 Å². The number of nitrogens with zero attached hydrogens (tertiary/aromatic N) is 1. The van der Waals surface area contributed by atoms with Gasteiger partial charge in [0, 0.05) is 18.3 Å². The van der Waals surface area contributed by atoms with Gasteiger partial charge in [-0.05, 0) is 36.2 Å². The molecule has 2 aromatic carbocycles. The van der Waals surface area contributed by atoms with E-state index in [1.54, 1.807) is 12.1 Å². The average Bonchev–Trinajstić information content (AvgIpc) is 3.57. The topological polar surface area (TPSA) is 80.6 Å². The van der Waals surface area contributed by atoms with Crippen LogP contribution in [0.25, 0.3) is 0 Å². The molecule has 32 heavy (non-hydrogen) atoms. The number of rotatable bonds is 4. The van der Waals surface area contributed by atoms with Crippen LogP contribution >= 0.6 is 0 Å². The largest absolute Gasteiger partial charge is 0.466 e. The lowest BCUT2D eigenvalue weighted by atomic mass is 9.93. The zero-order valence-corrected chi connectivity index (χ0v) is 17.1. The van der Waals surface area contributed by atoms with Crippen LogP contribution in [0.5, 0.6) is 0 Å². The Morgan fingerprint density at radius 1 is 1.12 bits per heavy atom. The van der Waals surface area contributed by atoms with Crippen molar-refractivity contribution in [3.8, 4) is 0 Å². The summed E-state index contributed by atoms with van der Waals surface area (Å²) < 4.78 is 58.3. The Balaban J connectivity index is 1.79. The van der Waals surface area contributed by atoms with Gasteiger partial charge in [0.25, 0.3) is 0 Å². The van der Waals surface area contributed by atoms with E-state index in [1.165, 1.54) is 6.92 Å². The SMILES string of the molecule is COC(=O)C1=C(C)N(c2cc(F)cc(C(F)(F)F)c2)C(=O)NC1c1ccc(C2CN2)cc1. The number of ether oxygens (including phenoxy) is 1. The molecule has 10 heteroatoms. The van der Waals surface area contributed by atoms with Crippen LogP contribution in [0.15, 0.2) is 53.7 Å². The summed E-state index contributed by atoms with van der Waals surface area (Å²) in [4.78, 5) is 26.4. The van der Waals surface area contributed by atoms with Gasteiger partial charge in [0.05, 0.1) is 30.0 Å². The minimum Gasteiger partial charge on any atom is -0.466 e. The van der Waals surface area contributed by atoms with Crippen LogP contribution in [0.1, 0.15) is 35.7 Å². The van der Waals surface area contributed by atoms with Gasteiger partial charge in [0.15, 0.2) is 0 Å². The highest BCUT2D eigenvalue weighted by atomic mass is 19.4. The van der Waals surface area contributed by atoms with E-state index in [0.29, 0.717) is 17.7 Å². The summed E-state index contributed by atoms with van der Waals surface area (Å²) in [5.74, 6) is -1.93. The van der Waals surface area contributed by atoms with Crippen LogP contribution < -0.4 is 15.5 Å². The third-order valence-electron chi connectivity index (χ3n) is 5.44. The molecule has 0 radical (unpaired) electrons. The lowest BCUT2D eigenvalue weighted by Crippen LogP contribution is -2.48. The van der Waals surface area contributed by atoms with Crippen LogP contribution in [-0.2, 0) is 15.7 Å². The van der Waals surface area contributed by atoms with Gasteiger partial charge in [0.1, 0.15) is 5.82 Å². The van der Waals surface area contributed by atoms with Crippen molar-refractivity contribution in [2.75, 3.05) is 18.6 Å². The van der Waals surface area contributed by atoms with E-state index < -0.39 is 35.6 Å². The van der Waals surface area contributed by atoms with Gasteiger partial charge in [-0.3, -0.25) is 4.90 Å². The first-order chi connectivity index (χ1) is 15.1. The first-order valence-corrected chi connectivity index (χ1v) is 9.71. The molecule has 2 atom stereocenters. The molecule has 2 amide bonds. The van der Waals surface area contributed by atoms with Crippen LogP contribution in [0.3, 0.4) is 0 Å². The number of carbonyl (C=O) groups excluding carboxylic acids is 2. The molecule has 1 fully saturated rings. The zero-order chi connectivity index (χ0) is 23.2. The van der Waals surface area contributed by atoms with Gasteiger partial charge in [-0.2, -0.15) is 13.2 Å². The number of hydrogen-bond acceptors (Lipinski definition) is 4. The van der Waals surface area contributed by atoms with E-state index in [4.69, 9.17) is 4.74 Å². The fraction of sp³-hybridized carbons (Fsp3) is 0.273. The predicted molar refractivity (Wildman–Crippen MR) is 107 cm³/mol. The normalized spacial score (nSPS) is 20.8. The molecule has 2 aliphatic heterocycles. The Labute approximate surface area is 180 Å². The second kappa shape index (κ2) is 7.94. The summed E-state index contributed by atoms with van der Waals surface area (Å²) in [7, 11) is 1.16. The lowest BCUT2D eigenvalue weighted by Gasteiger charge is -2.35. The maximum Gasteiger partial charge on any atom is 0.416 e. The number of amides is 2. The van der Waals surface area contributed by atoms with Crippen molar-refractivity contribution in [3.63, 3.8) is 0 Å². The minimum atomic E-state index is -4.81. The number of esters is 1. The molecule has 2 aliphatic rings. The Morgan fingerprint density at radius 3 is 2.31 bits per heavy atom. The number of methoxy groups -OCH3 is 1. The van der Waals surface area contributed by atoms with Crippen molar-refractivity contribution in [2.24, 2.45) is 0 Å². The van der Waals surface area contributed by atoms with E-state index in [2.05, 4.69) is 10.6 Å². The quantitative estimate of drug-likeness (QED) is 0.417. The Morgan fingerprint density at radius 2 is 1.75 bits per heavy atom. The van der Waals surface area contributed by atoms with Crippen molar-refractivity contribution >= 4 is 17.7 Å². The van der Waals surface area contributed by atoms with E-state index >= 15 is 0 Å². The summed E-state index contributed by atoms with van der Waals surface area (Å²) in [5.41, 5.74) is 0.107. The number of anilines is 1. The van der Waals surface area contributed by atoms with E-state index in [1.807, 2.05) is 12.1 Å². The fourth-order valence-corrected chi connectivity index (χ4v) is 3.76. The number of hydrogen-bond donors (Lipinski definition) is 2. The number of halogens is 4. The Hall–Kier alpha value is -3.40. The number of benzene rings is 2. The van der Waals surface area contributed by atoms with Crippen molar-refractivity contribution in [1.82, 2.24) is 10.6 Å². The molecule has 4 rings (SSSR count). The number of carbonyl (C=O) groups is 2. The van der Waals surface area contributed by atoms with Crippen molar-refractivity contribution < 1.29 is 31.9 Å². The summed E-state index contributed by atoms with van der Waals surface area (Å²) >= 11 is 0. The molecule has 2 N–H and O–H groups in total. The molecular weight excluding hydrogens is 430 g/mol. The molecule has 1 saturated heterocycles. The molecule has 0 aromatic heterocycles. The van der Waals surface area contributed by atoms with Crippen LogP contribution in [0.2, 0.25) is 0 Å². The third-order valence-corrected chi connectivity index (χ3v) is 5.44. The monoisotopic (exact) mass is 449 g/mol. The van der Waals surface area contributed by atoms with E-state index in [0.717, 1.165) is 30.2 Å². The minimum absolute atomic E-state index is 0.0298. The first kappa shape index (κ1) is 21.8. The molecule has 0 saturated carbocycles. The zero-order valence-electron chi connectivity index (χ0n) is 17.1. The van der Waals surface area contributed by atoms with Gasteiger partial charge >= 0.3 is 18.2 Å². The molecule has 6 nitrogen and oxygen atoms in total. The summed E-state index contributed by atoms with van der Waals surface area (Å²) in [6.45, 7) is 2.27. The maximum absolute atomic E-state index is 14.0. The van der Waals surface area contributed by atoms with E-state index in [-0.39, 0.29) is 23.0 Å². The van der Waals surface area contributed by atoms with Crippen molar-refractivity contribution in [2.45, 2.75) is 25.2 Å². The maximum atomic E-state index is 14.0. The molecule has 0 spiro atoms. The standard InChI is InChI=1S/C22H19F4N3O3/c1-11-18(20(30)32-2)19(13-5-3-12(4-6-13)17-10-27-17)28-21(31)29(11)16-8-14(22(24,25)26)7-15(23)9-16/h3-9,17,19,27H,10H2,1-2H3,(H,28,31). The highest BCUT2D eigenvalue weighted by Gasteiger charge is 2.39. The van der Waals surface area contributed by atoms with Crippen molar-refractivity contribution in [3.05, 3.63) is 76.2 Å². The molecule has 2 heterocycles. The number of nitrogens with one attached hydrogen (secondary N) is 2. The lowest BCUT2D eigenvalue weighted by molar-refractivity contribution is -0.138.